The van der Waals surface area contributed by atoms with Gasteiger partial charge in [0.2, 0.25) is 5.91 Å². The van der Waals surface area contributed by atoms with Gasteiger partial charge < -0.3 is 5.32 Å². The zero-order valence-electron chi connectivity index (χ0n) is 11.5. The van der Waals surface area contributed by atoms with Crippen LogP contribution in [-0.2, 0) is 11.2 Å². The Hall–Kier alpha value is -0.900. The molecular formula is C15H19BrFNO. The third-order valence-corrected chi connectivity index (χ3v) is 5.72. The maximum absolute atomic E-state index is 14.2. The number of fused-ring (bicyclic) bond motifs is 1. The Balaban J connectivity index is 2.41. The van der Waals surface area contributed by atoms with E-state index in [0.29, 0.717) is 24.1 Å². The maximum atomic E-state index is 14.2. The molecular weight excluding hydrogens is 309 g/mol. The number of hydrogen-bond donors (Lipinski definition) is 1. The number of carbonyl (C=O) groups excluding carboxylic acids is 1. The maximum Gasteiger partial charge on any atom is 0.224 e. The lowest BCUT2D eigenvalue weighted by Gasteiger charge is -2.30. The first-order valence-electron chi connectivity index (χ1n) is 6.61. The molecule has 1 N–H and O–H groups in total. The number of benzene rings is 1. The number of hydrogen-bond acceptors (Lipinski definition) is 1. The molecule has 1 aromatic carbocycles. The van der Waals surface area contributed by atoms with Gasteiger partial charge in [-0.25, -0.2) is 4.39 Å². The van der Waals surface area contributed by atoms with Crippen LogP contribution in [0.25, 0.3) is 0 Å². The van der Waals surface area contributed by atoms with Crippen molar-refractivity contribution in [2.45, 2.75) is 44.9 Å². The fourth-order valence-electron chi connectivity index (χ4n) is 2.22. The van der Waals surface area contributed by atoms with Gasteiger partial charge in [-0.2, -0.15) is 0 Å². The van der Waals surface area contributed by atoms with Crippen LogP contribution in [0.1, 0.15) is 49.6 Å². The molecule has 104 valence electrons. The molecule has 1 aliphatic rings. The van der Waals surface area contributed by atoms with Crippen molar-refractivity contribution < 1.29 is 9.18 Å². The van der Waals surface area contributed by atoms with E-state index in [-0.39, 0.29) is 22.0 Å². The number of alkyl halides is 1. The normalized spacial score (nSPS) is 16.8. The first-order valence-corrected chi connectivity index (χ1v) is 7.53. The summed E-state index contributed by atoms with van der Waals surface area (Å²) in [6.45, 7) is 6.34. The molecule has 0 aliphatic carbocycles. The first-order chi connectivity index (χ1) is 8.85. The third-order valence-electron chi connectivity index (χ3n) is 3.99. The molecule has 1 aliphatic heterocycles. The van der Waals surface area contributed by atoms with E-state index in [9.17, 15) is 9.18 Å². The van der Waals surface area contributed by atoms with E-state index in [1.165, 1.54) is 6.07 Å². The Bertz CT molecular complexity index is 513. The largest absolute Gasteiger partial charge is 0.326 e. The number of nitrogens with one attached hydrogen (secondary N) is 1. The predicted octanol–water partition coefficient (Wildman–Crippen LogP) is 4.58. The van der Waals surface area contributed by atoms with E-state index >= 15 is 0 Å². The van der Waals surface area contributed by atoms with Crippen molar-refractivity contribution >= 4 is 27.5 Å². The number of amides is 1. The van der Waals surface area contributed by atoms with Crippen LogP contribution in [0.4, 0.5) is 10.1 Å². The number of anilines is 1. The zero-order valence-corrected chi connectivity index (χ0v) is 13.1. The highest BCUT2D eigenvalue weighted by atomic mass is 79.9. The summed E-state index contributed by atoms with van der Waals surface area (Å²) >= 11 is 3.63. The van der Waals surface area contributed by atoms with Crippen molar-refractivity contribution in [1.82, 2.24) is 0 Å². The quantitative estimate of drug-likeness (QED) is 0.809. The van der Waals surface area contributed by atoms with Crippen molar-refractivity contribution in [1.29, 1.82) is 0 Å². The lowest BCUT2D eigenvalue weighted by molar-refractivity contribution is -0.116. The summed E-state index contributed by atoms with van der Waals surface area (Å²) < 4.78 is 14.2. The van der Waals surface area contributed by atoms with Crippen LogP contribution in [0, 0.1) is 11.2 Å². The molecule has 4 heteroatoms. The summed E-state index contributed by atoms with van der Waals surface area (Å²) in [4.78, 5) is 11.3. The second kappa shape index (κ2) is 5.23. The average Bonchev–Trinajstić information content (AvgIpc) is 2.37. The Morgan fingerprint density at radius 3 is 2.74 bits per heavy atom. The molecule has 0 saturated carbocycles. The average molecular weight is 328 g/mol. The lowest BCUT2D eigenvalue weighted by atomic mass is 9.82. The van der Waals surface area contributed by atoms with E-state index in [1.54, 1.807) is 0 Å². The minimum Gasteiger partial charge on any atom is -0.326 e. The highest BCUT2D eigenvalue weighted by molar-refractivity contribution is 9.09. The van der Waals surface area contributed by atoms with Gasteiger partial charge in [0.25, 0.3) is 0 Å². The monoisotopic (exact) mass is 327 g/mol. The summed E-state index contributed by atoms with van der Waals surface area (Å²) in [6, 6.07) is 3.34. The number of aryl methyl sites for hydroxylation is 1. The van der Waals surface area contributed by atoms with Gasteiger partial charge in [-0.05, 0) is 36.0 Å². The molecule has 2 nitrogen and oxygen atoms in total. The van der Waals surface area contributed by atoms with Crippen LogP contribution in [0.2, 0.25) is 0 Å². The Morgan fingerprint density at radius 2 is 2.11 bits per heavy atom. The highest BCUT2D eigenvalue weighted by Crippen LogP contribution is 2.45. The van der Waals surface area contributed by atoms with Crippen LogP contribution >= 0.6 is 15.9 Å². The van der Waals surface area contributed by atoms with Crippen LogP contribution in [-0.4, -0.2) is 5.91 Å². The number of rotatable bonds is 3. The van der Waals surface area contributed by atoms with Crippen LogP contribution in [0.15, 0.2) is 12.1 Å². The Morgan fingerprint density at radius 1 is 1.42 bits per heavy atom. The van der Waals surface area contributed by atoms with Gasteiger partial charge in [-0.3, -0.25) is 4.79 Å². The van der Waals surface area contributed by atoms with Crippen LogP contribution < -0.4 is 5.32 Å². The van der Waals surface area contributed by atoms with Crippen molar-refractivity contribution in [3.8, 4) is 0 Å². The van der Waals surface area contributed by atoms with Gasteiger partial charge in [0.15, 0.2) is 0 Å². The SMILES string of the molecule is CCC(C)(C)C(Br)c1cc2c(cc1F)NC(=O)CC2. The van der Waals surface area contributed by atoms with Gasteiger partial charge >= 0.3 is 0 Å². The van der Waals surface area contributed by atoms with E-state index in [2.05, 4.69) is 42.0 Å². The predicted molar refractivity (Wildman–Crippen MR) is 79.1 cm³/mol. The van der Waals surface area contributed by atoms with Gasteiger partial charge in [-0.15, -0.1) is 0 Å². The standard InChI is InChI=1S/C15H19BrFNO/c1-4-15(2,3)14(16)10-7-9-5-6-13(19)18-12(9)8-11(10)17/h7-8,14H,4-6H2,1-3H3,(H,18,19). The van der Waals surface area contributed by atoms with E-state index in [4.69, 9.17) is 0 Å². The third kappa shape index (κ3) is 2.83. The molecule has 0 spiro atoms. The Kier molecular flexibility index (Phi) is 4.00. The lowest BCUT2D eigenvalue weighted by Crippen LogP contribution is -2.21. The summed E-state index contributed by atoms with van der Waals surface area (Å²) in [6.07, 6.45) is 2.11. The molecule has 1 aromatic rings. The van der Waals surface area contributed by atoms with E-state index in [1.807, 2.05) is 6.07 Å². The zero-order chi connectivity index (χ0) is 14.2. The second-order valence-electron chi connectivity index (χ2n) is 5.78. The molecule has 1 amide bonds. The molecule has 1 atom stereocenters. The number of halogens is 2. The van der Waals surface area contributed by atoms with E-state index in [0.717, 1.165) is 12.0 Å². The topological polar surface area (TPSA) is 29.1 Å². The summed E-state index contributed by atoms with van der Waals surface area (Å²) in [7, 11) is 0. The van der Waals surface area contributed by atoms with Gasteiger partial charge in [0, 0.05) is 22.5 Å². The molecule has 1 unspecified atom stereocenters. The van der Waals surface area contributed by atoms with Gasteiger partial charge in [0.05, 0.1) is 0 Å². The summed E-state index contributed by atoms with van der Waals surface area (Å²) in [5.74, 6) is -0.298. The first kappa shape index (κ1) is 14.5. The van der Waals surface area contributed by atoms with Gasteiger partial charge in [0.1, 0.15) is 5.82 Å². The van der Waals surface area contributed by atoms with Crippen LogP contribution in [0.3, 0.4) is 0 Å². The molecule has 0 aromatic heterocycles. The van der Waals surface area contributed by atoms with Crippen molar-refractivity contribution in [3.63, 3.8) is 0 Å². The highest BCUT2D eigenvalue weighted by Gasteiger charge is 2.30. The van der Waals surface area contributed by atoms with Crippen molar-refractivity contribution in [2.24, 2.45) is 5.41 Å². The second-order valence-corrected chi connectivity index (χ2v) is 6.70. The minimum absolute atomic E-state index is 0.0208. The minimum atomic E-state index is -0.260. The fraction of sp³-hybridized carbons (Fsp3) is 0.533. The molecule has 0 bridgehead atoms. The van der Waals surface area contributed by atoms with Gasteiger partial charge in [-0.1, -0.05) is 36.7 Å². The summed E-state index contributed by atoms with van der Waals surface area (Å²) in [5.41, 5.74) is 2.30. The number of carbonyl (C=O) groups is 1. The molecule has 1 heterocycles. The fourth-order valence-corrected chi connectivity index (χ4v) is 2.89. The van der Waals surface area contributed by atoms with Crippen molar-refractivity contribution in [2.75, 3.05) is 5.32 Å². The smallest absolute Gasteiger partial charge is 0.224 e. The Labute approximate surface area is 121 Å². The molecule has 0 saturated heterocycles. The molecule has 19 heavy (non-hydrogen) atoms. The molecule has 2 rings (SSSR count). The molecule has 0 fully saturated rings. The summed E-state index contributed by atoms with van der Waals surface area (Å²) in [5, 5.41) is 2.73. The van der Waals surface area contributed by atoms with Crippen LogP contribution in [0.5, 0.6) is 0 Å². The molecule has 0 radical (unpaired) electrons. The van der Waals surface area contributed by atoms with E-state index < -0.39 is 0 Å². The van der Waals surface area contributed by atoms with Crippen molar-refractivity contribution in [3.05, 3.63) is 29.1 Å².